The molecule has 1 aromatic heterocycles. The van der Waals surface area contributed by atoms with Crippen LogP contribution in [0.3, 0.4) is 0 Å². The number of fused-ring (bicyclic) bond motifs is 1. The fourth-order valence-electron chi connectivity index (χ4n) is 2.11. The lowest BCUT2D eigenvalue weighted by Crippen LogP contribution is -2.08. The highest BCUT2D eigenvalue weighted by Gasteiger charge is 2.16. The molecule has 0 bridgehead atoms. The van der Waals surface area contributed by atoms with Crippen molar-refractivity contribution in [1.29, 1.82) is 5.26 Å². The lowest BCUT2D eigenvalue weighted by atomic mass is 10.0. The number of para-hydroxylation sites is 1. The largest absolute Gasteiger partial charge is 0.504 e. The van der Waals surface area contributed by atoms with Gasteiger partial charge in [0, 0.05) is 5.56 Å². The maximum absolute atomic E-state index is 12.3. The summed E-state index contributed by atoms with van der Waals surface area (Å²) in [4.78, 5) is 12.3. The number of phenolic OH excluding ortho intramolecular Hbond substituents is 2. The summed E-state index contributed by atoms with van der Waals surface area (Å²) in [5.74, 6) is -0.580. The summed E-state index contributed by atoms with van der Waals surface area (Å²) in [7, 11) is 0. The van der Waals surface area contributed by atoms with Gasteiger partial charge in [-0.1, -0.05) is 12.1 Å². The monoisotopic (exact) mass is 279 g/mol. The molecule has 0 fully saturated rings. The number of nitrogens with zero attached hydrogens (tertiary/aromatic N) is 1. The Morgan fingerprint density at radius 3 is 2.52 bits per heavy atom. The molecular weight excluding hydrogens is 270 g/mol. The molecule has 2 N–H and O–H groups in total. The average Bonchev–Trinajstić information content (AvgIpc) is 2.50. The van der Waals surface area contributed by atoms with Gasteiger partial charge in [0.15, 0.2) is 17.3 Å². The Balaban J connectivity index is 2.39. The van der Waals surface area contributed by atoms with E-state index in [1.54, 1.807) is 24.3 Å². The Kier molecular flexibility index (Phi) is 2.85. The van der Waals surface area contributed by atoms with Crippen LogP contribution < -0.4 is 5.43 Å². The molecule has 0 unspecified atom stereocenters. The first-order chi connectivity index (χ1) is 10.1. The predicted molar refractivity (Wildman–Crippen MR) is 76.0 cm³/mol. The molecule has 2 aromatic carbocycles. The molecule has 0 saturated heterocycles. The van der Waals surface area contributed by atoms with Crippen molar-refractivity contribution < 1.29 is 14.6 Å². The molecule has 3 rings (SSSR count). The van der Waals surface area contributed by atoms with E-state index in [-0.39, 0.29) is 22.8 Å². The lowest BCUT2D eigenvalue weighted by molar-refractivity contribution is 0.404. The van der Waals surface area contributed by atoms with Crippen LogP contribution in [0, 0.1) is 11.3 Å². The Labute approximate surface area is 118 Å². The molecule has 0 aliphatic rings. The van der Waals surface area contributed by atoms with Crippen LogP contribution in [0.2, 0.25) is 0 Å². The second-order valence-electron chi connectivity index (χ2n) is 4.45. The number of hydrogen-bond acceptors (Lipinski definition) is 5. The van der Waals surface area contributed by atoms with E-state index in [9.17, 15) is 20.3 Å². The number of rotatable bonds is 1. The molecular formula is C16H9NO4. The summed E-state index contributed by atoms with van der Waals surface area (Å²) in [5, 5.41) is 28.4. The van der Waals surface area contributed by atoms with Crippen molar-refractivity contribution >= 4 is 11.0 Å². The third kappa shape index (κ3) is 1.99. The molecule has 0 aliphatic carbocycles. The minimum atomic E-state index is -0.429. The highest BCUT2D eigenvalue weighted by molar-refractivity contribution is 5.82. The maximum atomic E-state index is 12.3. The predicted octanol–water partition coefficient (Wildman–Crippen LogP) is 2.74. The highest BCUT2D eigenvalue weighted by atomic mass is 16.3. The topological polar surface area (TPSA) is 94.5 Å². The van der Waals surface area contributed by atoms with Crippen LogP contribution in [0.15, 0.2) is 51.7 Å². The fraction of sp³-hybridized carbons (Fsp3) is 0. The second-order valence-corrected chi connectivity index (χ2v) is 4.45. The van der Waals surface area contributed by atoms with Gasteiger partial charge in [-0.05, 0) is 30.3 Å². The zero-order valence-electron chi connectivity index (χ0n) is 10.7. The van der Waals surface area contributed by atoms with E-state index in [1.165, 1.54) is 18.2 Å². The molecule has 0 saturated carbocycles. The first-order valence-corrected chi connectivity index (χ1v) is 6.10. The molecule has 0 spiro atoms. The third-order valence-corrected chi connectivity index (χ3v) is 3.15. The van der Waals surface area contributed by atoms with E-state index in [0.717, 1.165) is 0 Å². The number of benzene rings is 2. The van der Waals surface area contributed by atoms with Gasteiger partial charge < -0.3 is 14.6 Å². The SMILES string of the molecule is N#Cc1c(-c2ccc(O)c(O)c2)oc2ccccc2c1=O. The Hall–Kier alpha value is -3.26. The van der Waals surface area contributed by atoms with Gasteiger partial charge in [-0.3, -0.25) is 4.79 Å². The van der Waals surface area contributed by atoms with E-state index in [4.69, 9.17) is 4.42 Å². The molecule has 0 aliphatic heterocycles. The smallest absolute Gasteiger partial charge is 0.211 e. The van der Waals surface area contributed by atoms with Gasteiger partial charge in [0.2, 0.25) is 5.43 Å². The van der Waals surface area contributed by atoms with Crippen LogP contribution in [-0.4, -0.2) is 10.2 Å². The number of hydrogen-bond donors (Lipinski definition) is 2. The van der Waals surface area contributed by atoms with Gasteiger partial charge in [-0.2, -0.15) is 5.26 Å². The minimum absolute atomic E-state index is 0.0662. The van der Waals surface area contributed by atoms with Gasteiger partial charge in [-0.15, -0.1) is 0 Å². The summed E-state index contributed by atoms with van der Waals surface area (Å²) < 4.78 is 5.63. The lowest BCUT2D eigenvalue weighted by Gasteiger charge is -2.06. The van der Waals surface area contributed by atoms with Crippen LogP contribution in [0.5, 0.6) is 11.5 Å². The average molecular weight is 279 g/mol. The standard InChI is InChI=1S/C16H9NO4/c17-8-11-15(20)10-3-1-2-4-14(10)21-16(11)9-5-6-12(18)13(19)7-9/h1-7,18-19H. The van der Waals surface area contributed by atoms with Gasteiger partial charge in [0.25, 0.3) is 0 Å². The van der Waals surface area contributed by atoms with Crippen molar-refractivity contribution in [3.05, 3.63) is 58.3 Å². The second kappa shape index (κ2) is 4.69. The molecule has 3 aromatic rings. The molecule has 0 amide bonds. The zero-order chi connectivity index (χ0) is 15.0. The summed E-state index contributed by atoms with van der Waals surface area (Å²) in [6.07, 6.45) is 0. The van der Waals surface area contributed by atoms with Crippen molar-refractivity contribution in [3.63, 3.8) is 0 Å². The summed E-state index contributed by atoms with van der Waals surface area (Å²) in [6.45, 7) is 0. The van der Waals surface area contributed by atoms with Gasteiger partial charge >= 0.3 is 0 Å². The first-order valence-electron chi connectivity index (χ1n) is 6.10. The van der Waals surface area contributed by atoms with Crippen molar-refractivity contribution in [3.8, 4) is 28.9 Å². The van der Waals surface area contributed by atoms with Crippen LogP contribution in [0.25, 0.3) is 22.3 Å². The van der Waals surface area contributed by atoms with Crippen molar-refractivity contribution in [2.45, 2.75) is 0 Å². The van der Waals surface area contributed by atoms with E-state index in [0.29, 0.717) is 16.5 Å². The molecule has 0 atom stereocenters. The number of phenols is 2. The van der Waals surface area contributed by atoms with Crippen LogP contribution in [0.1, 0.15) is 5.56 Å². The Bertz CT molecular complexity index is 951. The van der Waals surface area contributed by atoms with E-state index < -0.39 is 5.43 Å². The van der Waals surface area contributed by atoms with Gasteiger partial charge in [0.05, 0.1) is 5.39 Å². The zero-order valence-corrected chi connectivity index (χ0v) is 10.7. The molecule has 1 heterocycles. The molecule has 0 radical (unpaired) electrons. The van der Waals surface area contributed by atoms with Gasteiger partial charge in [0.1, 0.15) is 17.2 Å². The Morgan fingerprint density at radius 1 is 1.05 bits per heavy atom. The quantitative estimate of drug-likeness (QED) is 0.668. The van der Waals surface area contributed by atoms with Crippen molar-refractivity contribution in [1.82, 2.24) is 0 Å². The van der Waals surface area contributed by atoms with Crippen LogP contribution in [0.4, 0.5) is 0 Å². The maximum Gasteiger partial charge on any atom is 0.211 e. The summed E-state index contributed by atoms with van der Waals surface area (Å²) >= 11 is 0. The van der Waals surface area contributed by atoms with E-state index in [1.807, 2.05) is 6.07 Å². The number of nitriles is 1. The molecule has 5 heteroatoms. The Morgan fingerprint density at radius 2 is 1.81 bits per heavy atom. The van der Waals surface area contributed by atoms with E-state index >= 15 is 0 Å². The fourth-order valence-corrected chi connectivity index (χ4v) is 2.11. The van der Waals surface area contributed by atoms with Crippen molar-refractivity contribution in [2.75, 3.05) is 0 Å². The summed E-state index contributed by atoms with van der Waals surface area (Å²) in [5.41, 5.74) is 0.120. The minimum Gasteiger partial charge on any atom is -0.504 e. The first kappa shape index (κ1) is 12.8. The van der Waals surface area contributed by atoms with Crippen LogP contribution in [-0.2, 0) is 0 Å². The normalized spacial score (nSPS) is 10.4. The highest BCUT2D eigenvalue weighted by Crippen LogP contribution is 2.32. The third-order valence-electron chi connectivity index (χ3n) is 3.15. The molecule has 21 heavy (non-hydrogen) atoms. The van der Waals surface area contributed by atoms with Gasteiger partial charge in [-0.25, -0.2) is 0 Å². The number of aromatic hydroxyl groups is 2. The molecule has 102 valence electrons. The van der Waals surface area contributed by atoms with E-state index in [2.05, 4.69) is 0 Å². The van der Waals surface area contributed by atoms with Crippen LogP contribution >= 0.6 is 0 Å². The molecule has 5 nitrogen and oxygen atoms in total. The summed E-state index contributed by atoms with van der Waals surface area (Å²) in [6, 6.07) is 12.4. The van der Waals surface area contributed by atoms with Crippen molar-refractivity contribution in [2.24, 2.45) is 0 Å².